The quantitative estimate of drug-likeness (QED) is 0.484. The lowest BCUT2D eigenvalue weighted by atomic mass is 10.2. The van der Waals surface area contributed by atoms with E-state index in [0.717, 1.165) is 6.61 Å². The molecule has 0 aromatic heterocycles. The van der Waals surface area contributed by atoms with Gasteiger partial charge in [-0.3, -0.25) is 0 Å². The third kappa shape index (κ3) is 3.72. The summed E-state index contributed by atoms with van der Waals surface area (Å²) in [7, 11) is 0.761. The van der Waals surface area contributed by atoms with Crippen LogP contribution in [0.3, 0.4) is 0 Å². The van der Waals surface area contributed by atoms with Gasteiger partial charge in [-0.15, -0.1) is 0 Å². The highest BCUT2D eigenvalue weighted by Gasteiger charge is 2.33. The van der Waals surface area contributed by atoms with Crippen LogP contribution in [0, 0.1) is 0 Å². The lowest BCUT2D eigenvalue weighted by Crippen LogP contribution is -2.36. The number of methoxy groups -OCH3 is 1. The van der Waals surface area contributed by atoms with Crippen LogP contribution in [0.5, 0.6) is 0 Å². The minimum Gasteiger partial charge on any atom is -0.385 e. The van der Waals surface area contributed by atoms with Crippen LogP contribution in [0.2, 0.25) is 24.2 Å². The lowest BCUT2D eigenvalue weighted by molar-refractivity contribution is 0.198. The summed E-state index contributed by atoms with van der Waals surface area (Å²) in [5.41, 5.74) is 0. The van der Waals surface area contributed by atoms with Crippen LogP contribution in [-0.2, 0) is 4.74 Å². The van der Waals surface area contributed by atoms with Crippen molar-refractivity contribution in [2.45, 2.75) is 51.4 Å². The van der Waals surface area contributed by atoms with E-state index in [0.29, 0.717) is 5.04 Å². The molecule has 0 aliphatic carbocycles. The van der Waals surface area contributed by atoms with Gasteiger partial charge in [0.1, 0.15) is 0 Å². The zero-order valence-corrected chi connectivity index (χ0v) is 10.5. The molecule has 1 nitrogen and oxygen atoms in total. The summed E-state index contributed by atoms with van der Waals surface area (Å²) in [5.74, 6) is 0. The van der Waals surface area contributed by atoms with Gasteiger partial charge in [0.05, 0.1) is 8.07 Å². The third-order valence-electron chi connectivity index (χ3n) is 3.18. The van der Waals surface area contributed by atoms with Gasteiger partial charge in [-0.05, 0) is 11.5 Å². The van der Waals surface area contributed by atoms with E-state index in [-0.39, 0.29) is 0 Å². The molecule has 0 aliphatic rings. The highest BCUT2D eigenvalue weighted by molar-refractivity contribution is 6.80. The van der Waals surface area contributed by atoms with Crippen molar-refractivity contribution in [3.05, 3.63) is 0 Å². The molecule has 0 spiro atoms. The van der Waals surface area contributed by atoms with E-state index in [9.17, 15) is 0 Å². The Morgan fingerprint density at radius 1 is 1.17 bits per heavy atom. The highest BCUT2D eigenvalue weighted by atomic mass is 28.3. The summed E-state index contributed by atoms with van der Waals surface area (Å²) in [6.07, 6.45) is 1.23. The number of hydrogen-bond acceptors (Lipinski definition) is 1. The summed E-state index contributed by atoms with van der Waals surface area (Å²) in [4.78, 5) is 0. The van der Waals surface area contributed by atoms with Gasteiger partial charge < -0.3 is 4.74 Å². The molecular formula is C10H24OSi. The van der Waals surface area contributed by atoms with Crippen LogP contribution in [0.1, 0.15) is 27.2 Å². The van der Waals surface area contributed by atoms with Gasteiger partial charge in [0.15, 0.2) is 0 Å². The van der Waals surface area contributed by atoms with E-state index in [1.807, 2.05) is 0 Å². The number of ether oxygens (including phenoxy) is 1. The van der Waals surface area contributed by atoms with E-state index in [2.05, 4.69) is 33.9 Å². The minimum absolute atomic E-state index is 0.529. The number of hydrogen-bond donors (Lipinski definition) is 0. The van der Waals surface area contributed by atoms with Gasteiger partial charge in [-0.2, -0.15) is 0 Å². The van der Waals surface area contributed by atoms with Crippen LogP contribution < -0.4 is 0 Å². The fourth-order valence-electron chi connectivity index (χ4n) is 1.03. The van der Waals surface area contributed by atoms with Crippen LogP contribution in [-0.4, -0.2) is 21.8 Å². The second-order valence-electron chi connectivity index (χ2n) is 5.23. The Balaban J connectivity index is 3.88. The molecule has 0 aliphatic heterocycles. The van der Waals surface area contributed by atoms with E-state index >= 15 is 0 Å². The van der Waals surface area contributed by atoms with Gasteiger partial charge in [-0.25, -0.2) is 0 Å². The Kier molecular flexibility index (Phi) is 4.49. The molecule has 12 heavy (non-hydrogen) atoms. The summed E-state index contributed by atoms with van der Waals surface area (Å²) in [5, 5.41) is 0.529. The first kappa shape index (κ1) is 12.2. The molecule has 0 aromatic rings. The molecule has 0 bridgehead atoms. The summed E-state index contributed by atoms with van der Waals surface area (Å²) >= 11 is 0. The maximum absolute atomic E-state index is 5.07. The lowest BCUT2D eigenvalue weighted by Gasteiger charge is -2.37. The Morgan fingerprint density at radius 2 is 1.67 bits per heavy atom. The average molecular weight is 188 g/mol. The van der Waals surface area contributed by atoms with Crippen molar-refractivity contribution < 1.29 is 4.74 Å². The van der Waals surface area contributed by atoms with E-state index in [1.54, 1.807) is 7.11 Å². The molecule has 0 saturated heterocycles. The molecule has 0 radical (unpaired) electrons. The Labute approximate surface area is 78.5 Å². The smallest absolute Gasteiger partial charge is 0.0528 e. The second kappa shape index (κ2) is 4.42. The van der Waals surface area contributed by atoms with Crippen molar-refractivity contribution in [3.8, 4) is 0 Å². The van der Waals surface area contributed by atoms with Gasteiger partial charge >= 0.3 is 0 Å². The first-order valence-electron chi connectivity index (χ1n) is 4.80. The zero-order valence-electron chi connectivity index (χ0n) is 9.53. The van der Waals surface area contributed by atoms with Crippen LogP contribution >= 0.6 is 0 Å². The Morgan fingerprint density at radius 3 is 2.00 bits per heavy atom. The Hall–Kier alpha value is 0.177. The summed E-state index contributed by atoms with van der Waals surface area (Å²) < 4.78 is 5.07. The summed E-state index contributed by atoms with van der Waals surface area (Å²) in [6.45, 7) is 13.0. The fraction of sp³-hybridized carbons (Fsp3) is 1.00. The van der Waals surface area contributed by atoms with E-state index in [1.165, 1.54) is 12.5 Å². The van der Waals surface area contributed by atoms with Crippen molar-refractivity contribution >= 4 is 8.07 Å². The van der Waals surface area contributed by atoms with Crippen molar-refractivity contribution in [3.63, 3.8) is 0 Å². The van der Waals surface area contributed by atoms with Crippen molar-refractivity contribution in [2.75, 3.05) is 13.7 Å². The molecule has 0 aromatic carbocycles. The van der Waals surface area contributed by atoms with Crippen molar-refractivity contribution in [2.24, 2.45) is 0 Å². The van der Waals surface area contributed by atoms with Gasteiger partial charge in [0.2, 0.25) is 0 Å². The Bertz CT molecular complexity index is 124. The first-order valence-corrected chi connectivity index (χ1v) is 8.01. The van der Waals surface area contributed by atoms with Crippen LogP contribution in [0.25, 0.3) is 0 Å². The molecular weight excluding hydrogens is 164 g/mol. The zero-order chi connectivity index (χ0) is 9.83. The molecule has 2 heteroatoms. The number of rotatable bonds is 4. The van der Waals surface area contributed by atoms with E-state index < -0.39 is 8.07 Å². The predicted molar refractivity (Wildman–Crippen MR) is 58.5 cm³/mol. The topological polar surface area (TPSA) is 9.23 Å². The van der Waals surface area contributed by atoms with Crippen LogP contribution in [0.4, 0.5) is 0 Å². The maximum Gasteiger partial charge on any atom is 0.0528 e. The fourth-order valence-corrected chi connectivity index (χ4v) is 2.81. The van der Waals surface area contributed by atoms with Crippen LogP contribution in [0.15, 0.2) is 0 Å². The standard InChI is InChI=1S/C10H24OSi/c1-10(2,3)12(5,6)9-7-8-11-4/h7-9H2,1-6H3. The van der Waals surface area contributed by atoms with Gasteiger partial charge in [0, 0.05) is 13.7 Å². The molecule has 74 valence electrons. The molecule has 0 fully saturated rings. The largest absolute Gasteiger partial charge is 0.385 e. The molecule has 0 N–H and O–H groups in total. The predicted octanol–water partition coefficient (Wildman–Crippen LogP) is 3.53. The third-order valence-corrected chi connectivity index (χ3v) is 8.84. The highest BCUT2D eigenvalue weighted by Crippen LogP contribution is 2.39. The molecule has 0 rings (SSSR count). The molecule has 0 amide bonds. The van der Waals surface area contributed by atoms with E-state index in [4.69, 9.17) is 4.74 Å². The monoisotopic (exact) mass is 188 g/mol. The molecule has 0 atom stereocenters. The molecule has 0 heterocycles. The normalized spacial score (nSPS) is 13.5. The maximum atomic E-state index is 5.07. The molecule has 0 saturated carbocycles. The van der Waals surface area contributed by atoms with Gasteiger partial charge in [-0.1, -0.05) is 39.9 Å². The first-order chi connectivity index (χ1) is 5.31. The molecule has 0 unspecified atom stereocenters. The SMILES string of the molecule is COCCC[Si](C)(C)C(C)(C)C. The summed E-state index contributed by atoms with van der Waals surface area (Å²) in [6, 6.07) is 1.38. The van der Waals surface area contributed by atoms with Crippen molar-refractivity contribution in [1.82, 2.24) is 0 Å². The second-order valence-corrected chi connectivity index (χ2v) is 11.0. The average Bonchev–Trinajstić information content (AvgIpc) is 1.85. The van der Waals surface area contributed by atoms with Gasteiger partial charge in [0.25, 0.3) is 0 Å². The minimum atomic E-state index is -1.02. The van der Waals surface area contributed by atoms with Crippen molar-refractivity contribution in [1.29, 1.82) is 0 Å².